The Morgan fingerprint density at radius 2 is 2.05 bits per heavy atom. The van der Waals surface area contributed by atoms with Gasteiger partial charge in [-0.15, -0.1) is 0 Å². The second kappa shape index (κ2) is 6.03. The molecule has 21 heavy (non-hydrogen) atoms. The molecule has 0 saturated carbocycles. The summed E-state index contributed by atoms with van der Waals surface area (Å²) in [6.45, 7) is 2.42. The lowest BCUT2D eigenvalue weighted by Crippen LogP contribution is -2.57. The van der Waals surface area contributed by atoms with E-state index in [4.69, 9.17) is 15.2 Å². The second-order valence-corrected chi connectivity index (χ2v) is 5.85. The maximum absolute atomic E-state index is 12.4. The first-order valence-electron chi connectivity index (χ1n) is 7.56. The van der Waals surface area contributed by atoms with E-state index in [1.165, 1.54) is 5.56 Å². The van der Waals surface area contributed by atoms with Crippen LogP contribution >= 0.6 is 0 Å². The number of fused-ring (bicyclic) bond motifs is 1. The molecule has 114 valence electrons. The van der Waals surface area contributed by atoms with Gasteiger partial charge in [0, 0.05) is 25.7 Å². The van der Waals surface area contributed by atoms with Crippen molar-refractivity contribution >= 4 is 5.91 Å². The van der Waals surface area contributed by atoms with Crippen LogP contribution in [0.3, 0.4) is 0 Å². The summed E-state index contributed by atoms with van der Waals surface area (Å²) in [5.41, 5.74) is 6.59. The van der Waals surface area contributed by atoms with Gasteiger partial charge in [0.05, 0.1) is 12.1 Å². The zero-order chi connectivity index (χ0) is 14.7. The molecule has 5 nitrogen and oxygen atoms in total. The van der Waals surface area contributed by atoms with Crippen LogP contribution in [0.5, 0.6) is 5.75 Å². The summed E-state index contributed by atoms with van der Waals surface area (Å²) >= 11 is 0. The largest absolute Gasteiger partial charge is 0.493 e. The maximum Gasteiger partial charge on any atom is 0.240 e. The highest BCUT2D eigenvalue weighted by atomic mass is 16.5. The van der Waals surface area contributed by atoms with Gasteiger partial charge in [-0.25, -0.2) is 0 Å². The van der Waals surface area contributed by atoms with E-state index < -0.39 is 5.54 Å². The number of amides is 1. The lowest BCUT2D eigenvalue weighted by molar-refractivity contribution is -0.129. The Morgan fingerprint density at radius 3 is 2.86 bits per heavy atom. The van der Waals surface area contributed by atoms with Gasteiger partial charge in [0.2, 0.25) is 5.91 Å². The van der Waals surface area contributed by atoms with Gasteiger partial charge >= 0.3 is 0 Å². The molecule has 0 radical (unpaired) electrons. The third kappa shape index (κ3) is 3.04. The SMILES string of the molecule is NC1(C(=O)NCC2CCOc3ccccc32)CCOCC1. The van der Waals surface area contributed by atoms with E-state index in [0.717, 1.165) is 12.2 Å². The van der Waals surface area contributed by atoms with E-state index in [1.807, 2.05) is 18.2 Å². The van der Waals surface area contributed by atoms with E-state index in [2.05, 4.69) is 11.4 Å². The van der Waals surface area contributed by atoms with Crippen LogP contribution in [-0.2, 0) is 9.53 Å². The Kier molecular flexibility index (Phi) is 4.12. The third-order valence-corrected chi connectivity index (χ3v) is 4.43. The highest BCUT2D eigenvalue weighted by molar-refractivity contribution is 5.86. The molecule has 1 saturated heterocycles. The summed E-state index contributed by atoms with van der Waals surface area (Å²) in [4.78, 5) is 12.4. The van der Waals surface area contributed by atoms with Crippen LogP contribution in [0, 0.1) is 0 Å². The van der Waals surface area contributed by atoms with Crippen LogP contribution in [0.1, 0.15) is 30.7 Å². The standard InChI is InChI=1S/C16H22N2O3/c17-16(6-9-20-10-7-16)15(19)18-11-12-5-8-21-14-4-2-1-3-13(12)14/h1-4,12H,5-11,17H2,(H,18,19). The predicted molar refractivity (Wildman–Crippen MR) is 79.3 cm³/mol. The topological polar surface area (TPSA) is 73.6 Å². The molecule has 1 aromatic carbocycles. The smallest absolute Gasteiger partial charge is 0.240 e. The fraction of sp³-hybridized carbons (Fsp3) is 0.562. The summed E-state index contributed by atoms with van der Waals surface area (Å²) in [5.74, 6) is 1.16. The minimum absolute atomic E-state index is 0.0604. The molecule has 3 rings (SSSR count). The number of para-hydroxylation sites is 1. The molecule has 2 aliphatic rings. The number of carbonyl (C=O) groups excluding carboxylic acids is 1. The monoisotopic (exact) mass is 290 g/mol. The van der Waals surface area contributed by atoms with Gasteiger partial charge in [-0.1, -0.05) is 18.2 Å². The minimum Gasteiger partial charge on any atom is -0.493 e. The van der Waals surface area contributed by atoms with Crippen molar-refractivity contribution in [2.24, 2.45) is 5.73 Å². The first-order chi connectivity index (χ1) is 10.2. The molecule has 0 spiro atoms. The fourth-order valence-corrected chi connectivity index (χ4v) is 2.98. The Labute approximate surface area is 124 Å². The molecule has 0 aliphatic carbocycles. The van der Waals surface area contributed by atoms with Gasteiger partial charge in [0.25, 0.3) is 0 Å². The first-order valence-corrected chi connectivity index (χ1v) is 7.56. The molecule has 1 fully saturated rings. The second-order valence-electron chi connectivity index (χ2n) is 5.85. The molecule has 2 aliphatic heterocycles. The van der Waals surface area contributed by atoms with Gasteiger partial charge < -0.3 is 20.5 Å². The molecular weight excluding hydrogens is 268 g/mol. The molecule has 3 N–H and O–H groups in total. The van der Waals surface area contributed by atoms with Crippen molar-refractivity contribution in [2.75, 3.05) is 26.4 Å². The average Bonchev–Trinajstić information content (AvgIpc) is 2.53. The molecule has 1 aromatic rings. The fourth-order valence-electron chi connectivity index (χ4n) is 2.98. The Morgan fingerprint density at radius 1 is 1.29 bits per heavy atom. The van der Waals surface area contributed by atoms with E-state index in [-0.39, 0.29) is 5.91 Å². The van der Waals surface area contributed by atoms with Crippen molar-refractivity contribution in [3.63, 3.8) is 0 Å². The lowest BCUT2D eigenvalue weighted by atomic mass is 9.89. The molecule has 0 aromatic heterocycles. The Hall–Kier alpha value is -1.59. The summed E-state index contributed by atoms with van der Waals surface area (Å²) < 4.78 is 10.9. The molecular formula is C16H22N2O3. The third-order valence-electron chi connectivity index (χ3n) is 4.43. The molecule has 1 unspecified atom stereocenters. The zero-order valence-corrected chi connectivity index (χ0v) is 12.1. The number of nitrogens with two attached hydrogens (primary N) is 1. The Balaban J connectivity index is 1.62. The molecule has 1 atom stereocenters. The molecule has 0 bridgehead atoms. The number of nitrogens with one attached hydrogen (secondary N) is 1. The van der Waals surface area contributed by atoms with Crippen LogP contribution in [0.4, 0.5) is 0 Å². The number of benzene rings is 1. The van der Waals surface area contributed by atoms with E-state index in [1.54, 1.807) is 0 Å². The number of ether oxygens (including phenoxy) is 2. The van der Waals surface area contributed by atoms with Crippen molar-refractivity contribution in [2.45, 2.75) is 30.7 Å². The van der Waals surface area contributed by atoms with Crippen LogP contribution in [-0.4, -0.2) is 37.8 Å². The summed E-state index contributed by atoms with van der Waals surface area (Å²) in [6.07, 6.45) is 2.09. The average molecular weight is 290 g/mol. The number of hydrogen-bond acceptors (Lipinski definition) is 4. The molecule has 5 heteroatoms. The molecule has 1 amide bonds. The number of carbonyl (C=O) groups is 1. The van der Waals surface area contributed by atoms with Gasteiger partial charge in [-0.2, -0.15) is 0 Å². The van der Waals surface area contributed by atoms with Crippen molar-refractivity contribution < 1.29 is 14.3 Å². The van der Waals surface area contributed by atoms with Gasteiger partial charge in [0.15, 0.2) is 0 Å². The van der Waals surface area contributed by atoms with Crippen molar-refractivity contribution in [1.82, 2.24) is 5.32 Å². The highest BCUT2D eigenvalue weighted by Gasteiger charge is 2.36. The van der Waals surface area contributed by atoms with Crippen LogP contribution < -0.4 is 15.8 Å². The highest BCUT2D eigenvalue weighted by Crippen LogP contribution is 2.32. The predicted octanol–water partition coefficient (Wildman–Crippen LogP) is 1.18. The van der Waals surface area contributed by atoms with Crippen LogP contribution in [0.15, 0.2) is 24.3 Å². The van der Waals surface area contributed by atoms with E-state index in [0.29, 0.717) is 45.1 Å². The van der Waals surface area contributed by atoms with E-state index >= 15 is 0 Å². The first kappa shape index (κ1) is 14.4. The minimum atomic E-state index is -0.775. The van der Waals surface area contributed by atoms with Crippen LogP contribution in [0.2, 0.25) is 0 Å². The Bertz CT molecular complexity index is 512. The zero-order valence-electron chi connectivity index (χ0n) is 12.1. The van der Waals surface area contributed by atoms with Gasteiger partial charge in [-0.05, 0) is 30.9 Å². The summed E-state index contributed by atoms with van der Waals surface area (Å²) in [5, 5.41) is 3.03. The van der Waals surface area contributed by atoms with Gasteiger partial charge in [-0.3, -0.25) is 4.79 Å². The summed E-state index contributed by atoms with van der Waals surface area (Å²) in [6, 6.07) is 8.02. The molecule has 2 heterocycles. The number of rotatable bonds is 3. The lowest BCUT2D eigenvalue weighted by Gasteiger charge is -2.33. The van der Waals surface area contributed by atoms with Crippen LogP contribution in [0.25, 0.3) is 0 Å². The maximum atomic E-state index is 12.4. The van der Waals surface area contributed by atoms with Crippen molar-refractivity contribution in [3.05, 3.63) is 29.8 Å². The number of hydrogen-bond donors (Lipinski definition) is 2. The van der Waals surface area contributed by atoms with E-state index in [9.17, 15) is 4.79 Å². The summed E-state index contributed by atoms with van der Waals surface area (Å²) in [7, 11) is 0. The quantitative estimate of drug-likeness (QED) is 0.876. The van der Waals surface area contributed by atoms with Crippen molar-refractivity contribution in [3.8, 4) is 5.75 Å². The van der Waals surface area contributed by atoms with Crippen molar-refractivity contribution in [1.29, 1.82) is 0 Å². The normalized spacial score (nSPS) is 23.8. The van der Waals surface area contributed by atoms with Gasteiger partial charge in [0.1, 0.15) is 5.75 Å².